The standard InChI is InChI=1S/C15H11Cl2FN2/c1-9-2-4-11(7-12(9)17)20-14-6-10(18)3-5-13(14)19-15(20)8-16/h2-7H,8H2,1H3. The van der Waals surface area contributed by atoms with E-state index in [2.05, 4.69) is 4.98 Å². The Bertz CT molecular complexity index is 796. The molecule has 3 rings (SSSR count). The summed E-state index contributed by atoms with van der Waals surface area (Å²) in [5, 5.41) is 0.654. The molecule has 2 nitrogen and oxygen atoms in total. The summed E-state index contributed by atoms with van der Waals surface area (Å²) < 4.78 is 15.3. The van der Waals surface area contributed by atoms with Gasteiger partial charge in [0.25, 0.3) is 0 Å². The average molecular weight is 309 g/mol. The van der Waals surface area contributed by atoms with Gasteiger partial charge in [-0.05, 0) is 36.8 Å². The lowest BCUT2D eigenvalue weighted by Gasteiger charge is -2.09. The summed E-state index contributed by atoms with van der Waals surface area (Å²) in [6.45, 7) is 1.93. The van der Waals surface area contributed by atoms with Gasteiger partial charge in [0.05, 0.1) is 16.9 Å². The number of rotatable bonds is 2. The molecule has 0 atom stereocenters. The van der Waals surface area contributed by atoms with E-state index >= 15 is 0 Å². The van der Waals surface area contributed by atoms with Crippen LogP contribution in [0.5, 0.6) is 0 Å². The molecule has 20 heavy (non-hydrogen) atoms. The van der Waals surface area contributed by atoms with Gasteiger partial charge in [-0.15, -0.1) is 11.6 Å². The normalized spacial score (nSPS) is 11.2. The zero-order valence-electron chi connectivity index (χ0n) is 10.7. The third kappa shape index (κ3) is 2.17. The Kier molecular flexibility index (Phi) is 3.40. The lowest BCUT2D eigenvalue weighted by atomic mass is 10.2. The minimum absolute atomic E-state index is 0.238. The highest BCUT2D eigenvalue weighted by atomic mass is 35.5. The fraction of sp³-hybridized carbons (Fsp3) is 0.133. The molecule has 0 spiro atoms. The second-order valence-corrected chi connectivity index (χ2v) is 5.24. The van der Waals surface area contributed by atoms with E-state index in [1.807, 2.05) is 29.7 Å². The summed E-state index contributed by atoms with van der Waals surface area (Å²) in [5.41, 5.74) is 3.20. The summed E-state index contributed by atoms with van der Waals surface area (Å²) in [5.74, 6) is 0.590. The number of aryl methyl sites for hydroxylation is 1. The van der Waals surface area contributed by atoms with Crippen LogP contribution in [0, 0.1) is 12.7 Å². The molecule has 0 aliphatic heterocycles. The third-order valence-electron chi connectivity index (χ3n) is 3.22. The molecule has 0 saturated heterocycles. The molecule has 0 N–H and O–H groups in total. The second kappa shape index (κ2) is 5.08. The maximum Gasteiger partial charge on any atom is 0.129 e. The van der Waals surface area contributed by atoms with Crippen molar-refractivity contribution in [2.45, 2.75) is 12.8 Å². The first kappa shape index (κ1) is 13.4. The molecular weight excluding hydrogens is 298 g/mol. The highest BCUT2D eigenvalue weighted by molar-refractivity contribution is 6.31. The molecular formula is C15H11Cl2FN2. The van der Waals surface area contributed by atoms with Gasteiger partial charge < -0.3 is 0 Å². The molecule has 0 amide bonds. The van der Waals surface area contributed by atoms with Crippen molar-refractivity contribution in [2.75, 3.05) is 0 Å². The predicted molar refractivity (Wildman–Crippen MR) is 80.3 cm³/mol. The number of nitrogens with zero attached hydrogens (tertiary/aromatic N) is 2. The average Bonchev–Trinajstić information content (AvgIpc) is 2.79. The summed E-state index contributed by atoms with van der Waals surface area (Å²) in [4.78, 5) is 4.42. The minimum Gasteiger partial charge on any atom is -0.295 e. The molecule has 0 fully saturated rings. The maximum atomic E-state index is 13.5. The molecule has 1 heterocycles. The second-order valence-electron chi connectivity index (χ2n) is 4.56. The number of hydrogen-bond acceptors (Lipinski definition) is 1. The van der Waals surface area contributed by atoms with Crippen molar-refractivity contribution in [1.82, 2.24) is 9.55 Å². The Labute approximate surface area is 125 Å². The first-order valence-corrected chi connectivity index (χ1v) is 7.01. The van der Waals surface area contributed by atoms with Crippen molar-refractivity contribution in [2.24, 2.45) is 0 Å². The SMILES string of the molecule is Cc1ccc(-n2c(CCl)nc3ccc(F)cc32)cc1Cl. The fourth-order valence-electron chi connectivity index (χ4n) is 2.20. The molecule has 5 heteroatoms. The number of aromatic nitrogens is 2. The van der Waals surface area contributed by atoms with Crippen molar-refractivity contribution in [1.29, 1.82) is 0 Å². The van der Waals surface area contributed by atoms with Crippen molar-refractivity contribution in [3.05, 3.63) is 58.6 Å². The Morgan fingerprint density at radius 1 is 1.20 bits per heavy atom. The monoisotopic (exact) mass is 308 g/mol. The van der Waals surface area contributed by atoms with E-state index in [1.54, 1.807) is 6.07 Å². The van der Waals surface area contributed by atoms with Gasteiger partial charge in [-0.2, -0.15) is 0 Å². The summed E-state index contributed by atoms with van der Waals surface area (Å²) in [6.07, 6.45) is 0. The van der Waals surface area contributed by atoms with Crippen LogP contribution in [0.1, 0.15) is 11.4 Å². The van der Waals surface area contributed by atoms with E-state index < -0.39 is 0 Å². The van der Waals surface area contributed by atoms with E-state index in [-0.39, 0.29) is 11.7 Å². The number of halogens is 3. The molecule has 0 bridgehead atoms. The summed E-state index contributed by atoms with van der Waals surface area (Å²) >= 11 is 12.1. The minimum atomic E-state index is -0.307. The van der Waals surface area contributed by atoms with Crippen molar-refractivity contribution in [3.8, 4) is 5.69 Å². The van der Waals surface area contributed by atoms with Gasteiger partial charge in [-0.25, -0.2) is 9.37 Å². The molecule has 0 aliphatic carbocycles. The molecule has 3 aromatic rings. The number of alkyl halides is 1. The summed E-state index contributed by atoms with van der Waals surface area (Å²) in [6, 6.07) is 10.2. The van der Waals surface area contributed by atoms with Crippen LogP contribution in [-0.2, 0) is 5.88 Å². The quantitative estimate of drug-likeness (QED) is 0.618. The predicted octanol–water partition coefficient (Wildman–Crippen LogP) is 4.87. The van der Waals surface area contributed by atoms with Crippen LogP contribution in [0.2, 0.25) is 5.02 Å². The van der Waals surface area contributed by atoms with Crippen LogP contribution in [0.4, 0.5) is 4.39 Å². The van der Waals surface area contributed by atoms with Crippen molar-refractivity contribution >= 4 is 34.2 Å². The van der Waals surface area contributed by atoms with Gasteiger partial charge in [0.2, 0.25) is 0 Å². The Morgan fingerprint density at radius 3 is 2.70 bits per heavy atom. The van der Waals surface area contributed by atoms with Gasteiger partial charge in [-0.3, -0.25) is 4.57 Å². The van der Waals surface area contributed by atoms with Crippen LogP contribution in [-0.4, -0.2) is 9.55 Å². The zero-order chi connectivity index (χ0) is 14.3. The van der Waals surface area contributed by atoms with Crippen LogP contribution in [0.3, 0.4) is 0 Å². The third-order valence-corrected chi connectivity index (χ3v) is 3.87. The number of imidazole rings is 1. The first-order valence-electron chi connectivity index (χ1n) is 6.09. The Balaban J connectivity index is 2.32. The highest BCUT2D eigenvalue weighted by Gasteiger charge is 2.13. The molecule has 0 saturated carbocycles. The lowest BCUT2D eigenvalue weighted by molar-refractivity contribution is 0.629. The molecule has 0 radical (unpaired) electrons. The zero-order valence-corrected chi connectivity index (χ0v) is 12.2. The van der Waals surface area contributed by atoms with E-state index in [0.717, 1.165) is 11.3 Å². The molecule has 2 aromatic carbocycles. The van der Waals surface area contributed by atoms with Crippen molar-refractivity contribution in [3.63, 3.8) is 0 Å². The van der Waals surface area contributed by atoms with E-state index in [4.69, 9.17) is 23.2 Å². The van der Waals surface area contributed by atoms with Crippen LogP contribution in [0.25, 0.3) is 16.7 Å². The fourth-order valence-corrected chi connectivity index (χ4v) is 2.55. The van der Waals surface area contributed by atoms with Crippen LogP contribution >= 0.6 is 23.2 Å². The molecule has 102 valence electrons. The maximum absolute atomic E-state index is 13.5. The van der Waals surface area contributed by atoms with Gasteiger partial charge in [0, 0.05) is 16.8 Å². The van der Waals surface area contributed by atoms with Gasteiger partial charge in [0.1, 0.15) is 11.6 Å². The number of hydrogen-bond donors (Lipinski definition) is 0. The molecule has 1 aromatic heterocycles. The number of fused-ring (bicyclic) bond motifs is 1. The molecule has 0 aliphatic rings. The summed E-state index contributed by atoms with van der Waals surface area (Å²) in [7, 11) is 0. The highest BCUT2D eigenvalue weighted by Crippen LogP contribution is 2.26. The topological polar surface area (TPSA) is 17.8 Å². The largest absolute Gasteiger partial charge is 0.295 e. The van der Waals surface area contributed by atoms with E-state index in [0.29, 0.717) is 21.9 Å². The first-order chi connectivity index (χ1) is 9.60. The Morgan fingerprint density at radius 2 is 2.00 bits per heavy atom. The van der Waals surface area contributed by atoms with E-state index in [9.17, 15) is 4.39 Å². The van der Waals surface area contributed by atoms with Crippen LogP contribution in [0.15, 0.2) is 36.4 Å². The van der Waals surface area contributed by atoms with Gasteiger partial charge in [0.15, 0.2) is 0 Å². The Hall–Kier alpha value is -1.58. The van der Waals surface area contributed by atoms with Crippen LogP contribution < -0.4 is 0 Å². The van der Waals surface area contributed by atoms with Gasteiger partial charge in [-0.1, -0.05) is 17.7 Å². The van der Waals surface area contributed by atoms with E-state index in [1.165, 1.54) is 12.1 Å². The van der Waals surface area contributed by atoms with Crippen molar-refractivity contribution < 1.29 is 4.39 Å². The lowest BCUT2D eigenvalue weighted by Crippen LogP contribution is -1.99. The van der Waals surface area contributed by atoms with Gasteiger partial charge >= 0.3 is 0 Å². The number of benzene rings is 2. The smallest absolute Gasteiger partial charge is 0.129 e. The molecule has 0 unspecified atom stereocenters.